The van der Waals surface area contributed by atoms with Crippen LogP contribution in [0.5, 0.6) is 5.75 Å². The molecule has 0 saturated carbocycles. The molecule has 0 bridgehead atoms. The second-order valence-electron chi connectivity index (χ2n) is 5.65. The summed E-state index contributed by atoms with van der Waals surface area (Å²) in [5.74, 6) is 0.781. The van der Waals surface area contributed by atoms with Gasteiger partial charge in [-0.25, -0.2) is 0 Å². The molecular weight excluding hydrogens is 300 g/mol. The highest BCUT2D eigenvalue weighted by molar-refractivity contribution is 5.68. The van der Waals surface area contributed by atoms with Crippen LogP contribution in [0.2, 0.25) is 0 Å². The van der Waals surface area contributed by atoms with Crippen LogP contribution in [0.4, 0.5) is 0 Å². The van der Waals surface area contributed by atoms with E-state index in [-0.39, 0.29) is 6.61 Å². The molecule has 0 fully saturated rings. The van der Waals surface area contributed by atoms with E-state index in [2.05, 4.69) is 37.3 Å². The van der Waals surface area contributed by atoms with Crippen LogP contribution in [0.1, 0.15) is 18.1 Å². The standard InChI is InChI=1S/C21H26O3/c1-3-4-13-23-14-11-19-16-20(24-15-12-22)9-10-21(19)18-7-5-17(2)6-8-18/h3-10,16,22H,11-15H2,1-2H3/b4-3+. The zero-order valence-electron chi connectivity index (χ0n) is 14.5. The van der Waals surface area contributed by atoms with E-state index >= 15 is 0 Å². The number of ether oxygens (including phenoxy) is 2. The zero-order chi connectivity index (χ0) is 17.2. The van der Waals surface area contributed by atoms with E-state index in [0.29, 0.717) is 19.8 Å². The molecule has 2 aromatic rings. The maximum absolute atomic E-state index is 8.93. The highest BCUT2D eigenvalue weighted by Gasteiger charge is 2.08. The minimum absolute atomic E-state index is 0.0154. The van der Waals surface area contributed by atoms with Crippen molar-refractivity contribution in [2.24, 2.45) is 0 Å². The van der Waals surface area contributed by atoms with Gasteiger partial charge in [0.1, 0.15) is 12.4 Å². The largest absolute Gasteiger partial charge is 0.491 e. The monoisotopic (exact) mass is 326 g/mol. The van der Waals surface area contributed by atoms with Crippen LogP contribution >= 0.6 is 0 Å². The third-order valence-corrected chi connectivity index (χ3v) is 3.76. The fraction of sp³-hybridized carbons (Fsp3) is 0.333. The molecule has 0 saturated heterocycles. The lowest BCUT2D eigenvalue weighted by Crippen LogP contribution is -2.04. The molecule has 0 unspecified atom stereocenters. The Morgan fingerprint density at radius 2 is 1.83 bits per heavy atom. The van der Waals surface area contributed by atoms with Gasteiger partial charge in [0.25, 0.3) is 0 Å². The van der Waals surface area contributed by atoms with Gasteiger partial charge in [-0.2, -0.15) is 0 Å². The predicted molar refractivity (Wildman–Crippen MR) is 98.5 cm³/mol. The molecule has 0 spiro atoms. The zero-order valence-corrected chi connectivity index (χ0v) is 14.5. The van der Waals surface area contributed by atoms with Gasteiger partial charge in [0.2, 0.25) is 0 Å². The normalized spacial score (nSPS) is 11.1. The van der Waals surface area contributed by atoms with Crippen molar-refractivity contribution in [1.82, 2.24) is 0 Å². The molecule has 0 aliphatic heterocycles. The van der Waals surface area contributed by atoms with Crippen molar-refractivity contribution in [1.29, 1.82) is 0 Å². The summed E-state index contributed by atoms with van der Waals surface area (Å²) in [6, 6.07) is 14.6. The minimum Gasteiger partial charge on any atom is -0.491 e. The fourth-order valence-corrected chi connectivity index (χ4v) is 2.47. The number of aryl methyl sites for hydroxylation is 1. The van der Waals surface area contributed by atoms with Crippen LogP contribution < -0.4 is 4.74 Å². The van der Waals surface area contributed by atoms with E-state index in [1.54, 1.807) is 0 Å². The summed E-state index contributed by atoms with van der Waals surface area (Å²) in [7, 11) is 0. The van der Waals surface area contributed by atoms with Crippen molar-refractivity contribution in [2.75, 3.05) is 26.4 Å². The van der Waals surface area contributed by atoms with E-state index in [1.165, 1.54) is 22.3 Å². The smallest absolute Gasteiger partial charge is 0.119 e. The lowest BCUT2D eigenvalue weighted by Gasteiger charge is -2.13. The van der Waals surface area contributed by atoms with Crippen molar-refractivity contribution in [3.05, 3.63) is 65.7 Å². The highest BCUT2D eigenvalue weighted by atomic mass is 16.5. The maximum atomic E-state index is 8.93. The van der Waals surface area contributed by atoms with Gasteiger partial charge in [0.15, 0.2) is 0 Å². The Bertz CT molecular complexity index is 645. The molecule has 0 atom stereocenters. The molecule has 3 nitrogen and oxygen atoms in total. The Morgan fingerprint density at radius 3 is 2.54 bits per heavy atom. The van der Waals surface area contributed by atoms with Gasteiger partial charge in [-0.1, -0.05) is 48.0 Å². The van der Waals surface area contributed by atoms with Crippen molar-refractivity contribution >= 4 is 0 Å². The third-order valence-electron chi connectivity index (χ3n) is 3.76. The molecule has 0 aromatic heterocycles. The quantitative estimate of drug-likeness (QED) is 0.555. The number of hydrogen-bond acceptors (Lipinski definition) is 3. The summed E-state index contributed by atoms with van der Waals surface area (Å²) in [6.07, 6.45) is 4.81. The molecule has 0 radical (unpaired) electrons. The van der Waals surface area contributed by atoms with Gasteiger partial charge in [-0.05, 0) is 49.1 Å². The number of aliphatic hydroxyl groups is 1. The summed E-state index contributed by atoms with van der Waals surface area (Å²) < 4.78 is 11.2. The van der Waals surface area contributed by atoms with Crippen LogP contribution in [-0.2, 0) is 11.2 Å². The summed E-state index contributed by atoms with van der Waals surface area (Å²) in [6.45, 7) is 5.69. The number of rotatable bonds is 9. The van der Waals surface area contributed by atoms with Crippen molar-refractivity contribution in [3.8, 4) is 16.9 Å². The maximum Gasteiger partial charge on any atom is 0.119 e. The molecule has 24 heavy (non-hydrogen) atoms. The van der Waals surface area contributed by atoms with Crippen LogP contribution in [-0.4, -0.2) is 31.5 Å². The van der Waals surface area contributed by atoms with Gasteiger partial charge < -0.3 is 14.6 Å². The molecule has 1 N–H and O–H groups in total. The highest BCUT2D eigenvalue weighted by Crippen LogP contribution is 2.28. The van der Waals surface area contributed by atoms with Gasteiger partial charge in [-0.15, -0.1) is 0 Å². The van der Waals surface area contributed by atoms with E-state index in [9.17, 15) is 0 Å². The molecular formula is C21H26O3. The van der Waals surface area contributed by atoms with Crippen molar-refractivity contribution in [2.45, 2.75) is 20.3 Å². The Balaban J connectivity index is 2.18. The van der Waals surface area contributed by atoms with Gasteiger partial charge in [-0.3, -0.25) is 0 Å². The first kappa shape index (κ1) is 18.2. The first-order valence-corrected chi connectivity index (χ1v) is 8.37. The van der Waals surface area contributed by atoms with Gasteiger partial charge in [0, 0.05) is 0 Å². The topological polar surface area (TPSA) is 38.7 Å². The van der Waals surface area contributed by atoms with Crippen LogP contribution in [0, 0.1) is 6.92 Å². The third kappa shape index (κ3) is 5.52. The second-order valence-corrected chi connectivity index (χ2v) is 5.65. The van der Waals surface area contributed by atoms with E-state index < -0.39 is 0 Å². The molecule has 128 valence electrons. The summed E-state index contributed by atoms with van der Waals surface area (Å²) in [5.41, 5.74) is 4.83. The van der Waals surface area contributed by atoms with Crippen molar-refractivity contribution in [3.63, 3.8) is 0 Å². The van der Waals surface area contributed by atoms with E-state index in [0.717, 1.165) is 12.2 Å². The van der Waals surface area contributed by atoms with E-state index in [4.69, 9.17) is 14.6 Å². The molecule has 0 aliphatic carbocycles. The first-order valence-electron chi connectivity index (χ1n) is 8.37. The average molecular weight is 326 g/mol. The minimum atomic E-state index is 0.0154. The van der Waals surface area contributed by atoms with E-state index in [1.807, 2.05) is 31.2 Å². The van der Waals surface area contributed by atoms with Gasteiger partial charge >= 0.3 is 0 Å². The predicted octanol–water partition coefficient (Wildman–Crippen LogP) is 4.17. The van der Waals surface area contributed by atoms with Crippen LogP contribution in [0.15, 0.2) is 54.6 Å². The Hall–Kier alpha value is -2.10. The first-order chi connectivity index (χ1) is 11.7. The SMILES string of the molecule is C/C=C/COCCc1cc(OCCO)ccc1-c1ccc(C)cc1. The lowest BCUT2D eigenvalue weighted by atomic mass is 9.97. The molecule has 0 heterocycles. The van der Waals surface area contributed by atoms with Crippen LogP contribution in [0.25, 0.3) is 11.1 Å². The summed E-state index contributed by atoms with van der Waals surface area (Å²) in [4.78, 5) is 0. The molecule has 0 aliphatic rings. The Kier molecular flexibility index (Phi) is 7.53. The summed E-state index contributed by atoms with van der Waals surface area (Å²) in [5, 5.41) is 8.93. The second kappa shape index (κ2) is 9.91. The molecule has 2 rings (SSSR count). The van der Waals surface area contributed by atoms with Crippen LogP contribution in [0.3, 0.4) is 0 Å². The molecule has 3 heteroatoms. The lowest BCUT2D eigenvalue weighted by molar-refractivity contribution is 0.165. The number of aliphatic hydroxyl groups excluding tert-OH is 1. The van der Waals surface area contributed by atoms with Crippen molar-refractivity contribution < 1.29 is 14.6 Å². The van der Waals surface area contributed by atoms with Gasteiger partial charge in [0.05, 0.1) is 19.8 Å². The molecule has 0 amide bonds. The Labute approximate surface area is 144 Å². The number of hydrogen-bond donors (Lipinski definition) is 1. The number of benzene rings is 2. The molecule has 2 aromatic carbocycles. The average Bonchev–Trinajstić information content (AvgIpc) is 2.61. The fourth-order valence-electron chi connectivity index (χ4n) is 2.47. The number of allylic oxidation sites excluding steroid dienone is 1. The Morgan fingerprint density at radius 1 is 1.04 bits per heavy atom. The summed E-state index contributed by atoms with van der Waals surface area (Å²) >= 11 is 0.